The number of nitrogens with zero attached hydrogens (tertiary/aromatic N) is 1. The summed E-state index contributed by atoms with van der Waals surface area (Å²) in [7, 11) is 0. The third-order valence-electron chi connectivity index (χ3n) is 8.96. The summed E-state index contributed by atoms with van der Waals surface area (Å²) in [6.07, 6.45) is 4.79. The molecule has 2 aromatic carbocycles. The molecule has 2 bridgehead atoms. The molecule has 0 radical (unpaired) electrons. The monoisotopic (exact) mass is 465 g/mol. The van der Waals surface area contributed by atoms with E-state index in [0.717, 1.165) is 43.0 Å². The molecule has 0 amide bonds. The number of carbonyl (C=O) groups excluding carboxylic acids is 1. The van der Waals surface area contributed by atoms with Gasteiger partial charge in [0.1, 0.15) is 0 Å². The standard InChI is InChI=1S/C27H28ClNO4/c28-19-4-2-1-3-18(19)15-32-27-10-9-21(31)25-26(27)11-12-29(14-16-5-6-16)22(27)13-17-7-8-20(30)24(33-25)23(17)26/h1-4,7-8,16,22,25,30H,5-6,9-15H2/t22-,25?,26+,27-/m1/s1. The lowest BCUT2D eigenvalue weighted by atomic mass is 9.48. The SMILES string of the molecule is O=C1CC[C@@]2(OCc3ccccc3Cl)[C@H]3Cc4ccc(O)c5c4[C@@]2(CCN3CC2CC2)C1O5. The van der Waals surface area contributed by atoms with Crippen molar-refractivity contribution < 1.29 is 19.4 Å². The van der Waals surface area contributed by atoms with Crippen LogP contribution in [0.3, 0.4) is 0 Å². The van der Waals surface area contributed by atoms with Crippen LogP contribution in [0.4, 0.5) is 0 Å². The maximum Gasteiger partial charge on any atom is 0.174 e. The first-order valence-electron chi connectivity index (χ1n) is 12.2. The van der Waals surface area contributed by atoms with Gasteiger partial charge in [-0.15, -0.1) is 0 Å². The third-order valence-corrected chi connectivity index (χ3v) is 9.33. The fourth-order valence-corrected chi connectivity index (χ4v) is 7.54. The number of ether oxygens (including phenoxy) is 2. The van der Waals surface area contributed by atoms with E-state index in [-0.39, 0.29) is 17.6 Å². The van der Waals surface area contributed by atoms with Crippen LogP contribution in [-0.2, 0) is 28.0 Å². The normalized spacial score (nSPS) is 34.2. The van der Waals surface area contributed by atoms with Crippen molar-refractivity contribution in [3.8, 4) is 11.5 Å². The molecule has 172 valence electrons. The number of hydrogen-bond donors (Lipinski definition) is 1. The molecule has 1 N–H and O–H groups in total. The molecule has 7 rings (SSSR count). The molecule has 0 aromatic heterocycles. The molecule has 4 atom stereocenters. The van der Waals surface area contributed by atoms with Gasteiger partial charge in [0.2, 0.25) is 0 Å². The lowest BCUT2D eigenvalue weighted by molar-refractivity contribution is -0.218. The van der Waals surface area contributed by atoms with Gasteiger partial charge >= 0.3 is 0 Å². The molecule has 1 unspecified atom stereocenters. The van der Waals surface area contributed by atoms with E-state index in [9.17, 15) is 9.90 Å². The zero-order valence-electron chi connectivity index (χ0n) is 18.6. The first-order valence-corrected chi connectivity index (χ1v) is 12.6. The van der Waals surface area contributed by atoms with Crippen LogP contribution in [-0.4, -0.2) is 46.6 Å². The minimum absolute atomic E-state index is 0.129. The van der Waals surface area contributed by atoms with Gasteiger partial charge < -0.3 is 14.6 Å². The number of phenols is 1. The van der Waals surface area contributed by atoms with E-state index < -0.39 is 17.1 Å². The van der Waals surface area contributed by atoms with E-state index in [1.54, 1.807) is 6.07 Å². The molecule has 1 saturated heterocycles. The van der Waals surface area contributed by atoms with E-state index >= 15 is 0 Å². The first-order chi connectivity index (χ1) is 16.0. The number of likely N-dealkylation sites (tertiary alicyclic amines) is 1. The summed E-state index contributed by atoms with van der Waals surface area (Å²) in [6.45, 7) is 2.43. The molecule has 2 aromatic rings. The smallest absolute Gasteiger partial charge is 0.174 e. The number of benzene rings is 2. The van der Waals surface area contributed by atoms with Crippen LogP contribution in [0, 0.1) is 5.92 Å². The highest BCUT2D eigenvalue weighted by atomic mass is 35.5. The number of rotatable bonds is 5. The Bertz CT molecular complexity index is 1160. The number of ketones is 1. The van der Waals surface area contributed by atoms with E-state index in [4.69, 9.17) is 21.1 Å². The average Bonchev–Trinajstić information content (AvgIpc) is 3.55. The minimum atomic E-state index is -0.592. The fraction of sp³-hybridized carbons (Fsp3) is 0.519. The number of aromatic hydroxyl groups is 1. The molecule has 3 fully saturated rings. The number of phenolic OH excluding ortho intramolecular Hbond substituents is 1. The second-order valence-corrected chi connectivity index (χ2v) is 11.0. The Morgan fingerprint density at radius 2 is 2.03 bits per heavy atom. The van der Waals surface area contributed by atoms with Crippen molar-refractivity contribution in [2.24, 2.45) is 5.92 Å². The molecular formula is C27H28ClNO4. The van der Waals surface area contributed by atoms with Gasteiger partial charge in [0.15, 0.2) is 23.4 Å². The van der Waals surface area contributed by atoms with Gasteiger partial charge in [-0.2, -0.15) is 0 Å². The maximum absolute atomic E-state index is 13.3. The second-order valence-electron chi connectivity index (χ2n) is 10.6. The molecule has 2 heterocycles. The van der Waals surface area contributed by atoms with Crippen molar-refractivity contribution in [2.75, 3.05) is 13.1 Å². The predicted octanol–water partition coefficient (Wildman–Crippen LogP) is 4.40. The first kappa shape index (κ1) is 20.3. The zero-order valence-corrected chi connectivity index (χ0v) is 19.3. The van der Waals surface area contributed by atoms with Crippen LogP contribution in [0.25, 0.3) is 0 Å². The lowest BCUT2D eigenvalue weighted by Crippen LogP contribution is -2.77. The summed E-state index contributed by atoms with van der Waals surface area (Å²) < 4.78 is 13.4. The van der Waals surface area contributed by atoms with Crippen molar-refractivity contribution in [2.45, 2.75) is 68.3 Å². The van der Waals surface area contributed by atoms with Crippen LogP contribution in [0.15, 0.2) is 36.4 Å². The van der Waals surface area contributed by atoms with E-state index in [1.807, 2.05) is 30.3 Å². The van der Waals surface area contributed by atoms with Crippen LogP contribution < -0.4 is 4.74 Å². The highest BCUT2D eigenvalue weighted by Gasteiger charge is 2.74. The molecule has 6 heteroatoms. The predicted molar refractivity (Wildman–Crippen MR) is 124 cm³/mol. The van der Waals surface area contributed by atoms with Crippen LogP contribution in [0.2, 0.25) is 5.02 Å². The Hall–Kier alpha value is -2.08. The summed E-state index contributed by atoms with van der Waals surface area (Å²) in [6, 6.07) is 11.8. The summed E-state index contributed by atoms with van der Waals surface area (Å²) >= 11 is 6.50. The van der Waals surface area contributed by atoms with E-state index in [0.29, 0.717) is 30.2 Å². The van der Waals surface area contributed by atoms with Gasteiger partial charge in [0, 0.05) is 29.6 Å². The average molecular weight is 466 g/mol. The zero-order chi connectivity index (χ0) is 22.4. The summed E-state index contributed by atoms with van der Waals surface area (Å²) in [5.74, 6) is 1.54. The number of carbonyl (C=O) groups is 1. The van der Waals surface area contributed by atoms with Gasteiger partial charge in [-0.05, 0) is 67.8 Å². The highest BCUT2D eigenvalue weighted by Crippen LogP contribution is 2.66. The molecule has 1 spiro atoms. The fourth-order valence-electron chi connectivity index (χ4n) is 7.35. The Labute approximate surface area is 198 Å². The Balaban J connectivity index is 1.40. The number of halogens is 1. The summed E-state index contributed by atoms with van der Waals surface area (Å²) in [5, 5.41) is 11.4. The van der Waals surface area contributed by atoms with E-state index in [2.05, 4.69) is 4.90 Å². The summed E-state index contributed by atoms with van der Waals surface area (Å²) in [5.41, 5.74) is 2.08. The molecule has 2 aliphatic heterocycles. The molecule has 33 heavy (non-hydrogen) atoms. The van der Waals surface area contributed by atoms with Crippen LogP contribution >= 0.6 is 11.6 Å². The Morgan fingerprint density at radius 3 is 2.85 bits per heavy atom. The Morgan fingerprint density at radius 1 is 1.18 bits per heavy atom. The van der Waals surface area contributed by atoms with Gasteiger partial charge in [-0.3, -0.25) is 9.69 Å². The van der Waals surface area contributed by atoms with Crippen molar-refractivity contribution >= 4 is 17.4 Å². The third kappa shape index (κ3) is 2.64. The maximum atomic E-state index is 13.3. The largest absolute Gasteiger partial charge is 0.504 e. The quantitative estimate of drug-likeness (QED) is 0.709. The number of hydrogen-bond acceptors (Lipinski definition) is 5. The Kier molecular flexibility index (Phi) is 4.29. The van der Waals surface area contributed by atoms with E-state index in [1.165, 1.54) is 18.4 Å². The van der Waals surface area contributed by atoms with Crippen LogP contribution in [0.1, 0.15) is 48.8 Å². The van der Waals surface area contributed by atoms with Crippen molar-refractivity contribution in [3.63, 3.8) is 0 Å². The minimum Gasteiger partial charge on any atom is -0.504 e. The molecule has 5 nitrogen and oxygen atoms in total. The van der Waals surface area contributed by atoms with Crippen molar-refractivity contribution in [1.82, 2.24) is 4.90 Å². The van der Waals surface area contributed by atoms with Gasteiger partial charge in [-0.1, -0.05) is 35.9 Å². The number of piperidine rings is 1. The number of Topliss-reactive ketones (excluding diaryl/α,β-unsaturated/α-hetero) is 1. The van der Waals surface area contributed by atoms with Gasteiger partial charge in [0.25, 0.3) is 0 Å². The highest BCUT2D eigenvalue weighted by molar-refractivity contribution is 6.31. The van der Waals surface area contributed by atoms with Crippen LogP contribution in [0.5, 0.6) is 11.5 Å². The topological polar surface area (TPSA) is 59.0 Å². The molecular weight excluding hydrogens is 438 g/mol. The van der Waals surface area contributed by atoms with Crippen molar-refractivity contribution in [1.29, 1.82) is 0 Å². The second kappa shape index (κ2) is 6.97. The lowest BCUT2D eigenvalue weighted by Gasteiger charge is -2.64. The molecule has 5 aliphatic rings. The van der Waals surface area contributed by atoms with Crippen molar-refractivity contribution in [3.05, 3.63) is 58.1 Å². The van der Waals surface area contributed by atoms with Gasteiger partial charge in [0.05, 0.1) is 17.6 Å². The molecule has 3 aliphatic carbocycles. The molecule has 2 saturated carbocycles. The van der Waals surface area contributed by atoms with Gasteiger partial charge in [-0.25, -0.2) is 0 Å². The summed E-state index contributed by atoms with van der Waals surface area (Å²) in [4.78, 5) is 15.9.